The number of methoxy groups -OCH3 is 1. The molecule has 31 N–H and O–H groups in total. The van der Waals surface area contributed by atoms with Gasteiger partial charge < -0.3 is 127 Å². The predicted octanol–water partition coefficient (Wildman–Crippen LogP) is 6.83. The van der Waals surface area contributed by atoms with Crippen molar-refractivity contribution in [2.24, 2.45) is 45.9 Å². The Labute approximate surface area is 653 Å². The van der Waals surface area contributed by atoms with E-state index in [0.717, 1.165) is 51.4 Å². The molecule has 0 saturated heterocycles. The van der Waals surface area contributed by atoms with Crippen molar-refractivity contribution in [2.45, 2.75) is 165 Å². The van der Waals surface area contributed by atoms with Crippen LogP contribution in [0.25, 0.3) is 10.8 Å². The van der Waals surface area contributed by atoms with Crippen molar-refractivity contribution >= 4 is 58.5 Å². The molecule has 0 aliphatic heterocycles. The summed E-state index contributed by atoms with van der Waals surface area (Å²) < 4.78 is 4.89. The molecule has 0 radical (unpaired) electrons. The lowest BCUT2D eigenvalue weighted by atomic mass is 9.94. The van der Waals surface area contributed by atoms with Crippen molar-refractivity contribution in [3.63, 3.8) is 0 Å². The fourth-order valence-corrected chi connectivity index (χ4v) is 9.62. The zero-order chi connectivity index (χ0) is 85.9. The Morgan fingerprint density at radius 1 is 0.363 bits per heavy atom. The number of aromatic hydroxyl groups is 7. The molecule has 8 aromatic carbocycles. The average Bonchev–Trinajstić information content (AvgIpc) is 0.824. The highest BCUT2D eigenvalue weighted by molar-refractivity contribution is 5.87. The van der Waals surface area contributed by atoms with E-state index in [-0.39, 0.29) is 72.4 Å². The molecule has 0 spiro atoms. The third-order valence-corrected chi connectivity index (χ3v) is 16.4. The number of hydrogen-bond donors (Lipinski definition) is 23. The number of benzene rings is 8. The molecule has 0 heterocycles. The second kappa shape index (κ2) is 50.6. The van der Waals surface area contributed by atoms with E-state index in [2.05, 4.69) is 6.92 Å². The van der Waals surface area contributed by atoms with Gasteiger partial charge in [0.1, 0.15) is 58.8 Å². The molecule has 0 aliphatic rings. The van der Waals surface area contributed by atoms with E-state index < -0.39 is 95.1 Å². The van der Waals surface area contributed by atoms with Gasteiger partial charge in [-0.25, -0.2) is 0 Å². The van der Waals surface area contributed by atoms with Crippen molar-refractivity contribution in [1.29, 1.82) is 0 Å². The lowest BCUT2D eigenvalue weighted by Crippen LogP contribution is -2.46. The van der Waals surface area contributed by atoms with Crippen LogP contribution in [0.1, 0.15) is 110 Å². The van der Waals surface area contributed by atoms with Crippen molar-refractivity contribution in [3.8, 4) is 46.0 Å². The quantitative estimate of drug-likeness (QED) is 0.0162. The highest BCUT2D eigenvalue weighted by atomic mass is 16.5. The van der Waals surface area contributed by atoms with Crippen molar-refractivity contribution in [3.05, 3.63) is 214 Å². The van der Waals surface area contributed by atoms with Crippen LogP contribution in [0, 0.1) is 6.92 Å². The first kappa shape index (κ1) is 98.9. The highest BCUT2D eigenvalue weighted by Crippen LogP contribution is 2.29. The Balaban J connectivity index is 0.000000646. The van der Waals surface area contributed by atoms with E-state index in [0.29, 0.717) is 41.7 Å². The molecular weight excluding hydrogens is 1470 g/mol. The van der Waals surface area contributed by atoms with Crippen LogP contribution in [0.5, 0.6) is 46.0 Å². The minimum absolute atomic E-state index is 0.0187. The monoisotopic (exact) mass is 1580 g/mol. The number of nitrogens with two attached hydrogens (primary N) is 8. The molecule has 32 nitrogen and oxygen atoms in total. The van der Waals surface area contributed by atoms with Crippen LogP contribution in [0.4, 0.5) is 0 Å². The summed E-state index contributed by atoms with van der Waals surface area (Å²) in [6.45, 7) is 7.02. The smallest absolute Gasteiger partial charge is 0.323 e. The Kier molecular flexibility index (Phi) is 44.3. The van der Waals surface area contributed by atoms with Gasteiger partial charge in [0, 0.05) is 12.8 Å². The largest absolute Gasteiger partial charge is 0.508 e. The summed E-state index contributed by atoms with van der Waals surface area (Å²) in [4.78, 5) is 84.3. The summed E-state index contributed by atoms with van der Waals surface area (Å²) in [6.07, 6.45) is 9.31. The molecule has 0 aromatic heterocycles. The predicted molar refractivity (Wildman–Crippen MR) is 424 cm³/mol. The standard InChI is InChI=1S/C13H13NO2.2C10H13NO4.C10H13NO3.C10H13NO2.C10H21NO2.C9H11NO4.C9H11NO3/c14-12(13(15)16)8-10-6-3-5-9-4-1-2-7-11(9)10;1-15-9-5-6(2-3-8(9)12)4-7(11)10(13)14;1-10(11,9(14)15)5-6-2-3-7(12)8(13)4-6;1-10(11,9(13)14)6-7-2-4-8(12)5-3-7;1-7-2-4-8(5-3-7)6-9(11)10(12)13;1-2-3-4-5-6-7-8-9(11)10(12)13;10-6(9(13)14)3-5-1-2-7(11)8(12)4-5;10-8(9(12)13)5-6-1-3-7(11)4-2-6/h1-7,12H,8,14H2,(H,15,16);2-3,5,7,12H,4,11H2,1H3,(H,13,14);2-4,12-13H,5,11H2,1H3,(H,14,15);2-5,12H,6,11H2,1H3,(H,13,14);2-5,9H,6,11H2,1H3,(H,12,13);9H,2-8,11H2,1H3,(H,12,13);1-2,4,6,11-12H,3,10H2,(H,13,14);1-4,8,11H,5,10H2,(H,12,13)/t12-;7-;2*10-;9-;;6-;8-/m00110.00/s1. The average molecular weight is 1580 g/mol. The van der Waals surface area contributed by atoms with E-state index in [4.69, 9.17) is 117 Å². The molecule has 113 heavy (non-hydrogen) atoms. The SMILES string of the molecule is CCCCCCCCC(N)C(=O)O.COc1cc(C[C@H](N)C(=O)O)ccc1O.C[C@@](N)(Cc1ccc(O)c(O)c1)C(=O)O.C[C@@](N)(Cc1ccc(O)cc1)C(=O)O.Cc1ccc(C[C@H](N)C(=O)O)cc1.N[C@@H](Cc1ccc(O)c(O)c1)C(=O)O.N[C@@H](Cc1ccc(O)cc1)C(=O)O.N[C@@H](Cc1cccc2ccccc12)C(=O)O. The Morgan fingerprint density at radius 3 is 1.12 bits per heavy atom. The minimum Gasteiger partial charge on any atom is -0.508 e. The maximum Gasteiger partial charge on any atom is 0.323 e. The molecular formula is C81H108N8O24. The zero-order valence-corrected chi connectivity index (χ0v) is 63.5. The molecule has 0 fully saturated rings. The van der Waals surface area contributed by atoms with Crippen LogP contribution < -0.4 is 50.6 Å². The van der Waals surface area contributed by atoms with Crippen molar-refractivity contribution in [2.75, 3.05) is 7.11 Å². The second-order valence-electron chi connectivity index (χ2n) is 26.7. The van der Waals surface area contributed by atoms with E-state index >= 15 is 0 Å². The fourth-order valence-electron chi connectivity index (χ4n) is 9.62. The maximum atomic E-state index is 10.7. The first-order valence-electron chi connectivity index (χ1n) is 35.2. The van der Waals surface area contributed by atoms with E-state index in [9.17, 15) is 48.6 Å². The second-order valence-corrected chi connectivity index (χ2v) is 26.7. The molecule has 0 amide bonds. The van der Waals surface area contributed by atoms with Gasteiger partial charge in [0.25, 0.3) is 0 Å². The summed E-state index contributed by atoms with van der Waals surface area (Å²) in [5.41, 5.74) is 47.2. The van der Waals surface area contributed by atoms with Crippen LogP contribution in [-0.2, 0) is 83.3 Å². The Hall–Kier alpha value is -12.1. The molecule has 8 aromatic rings. The number of phenols is 7. The van der Waals surface area contributed by atoms with Crippen LogP contribution in [0.15, 0.2) is 170 Å². The number of carboxylic acid groups (broad SMARTS) is 8. The number of hydrogen-bond acceptors (Lipinski definition) is 24. The lowest BCUT2D eigenvalue weighted by Gasteiger charge is -2.19. The molecule has 0 aliphatic carbocycles. The summed E-state index contributed by atoms with van der Waals surface area (Å²) >= 11 is 0. The number of fused-ring (bicyclic) bond motifs is 1. The number of phenolic OH excluding ortho intramolecular Hbond substituents is 7. The molecule has 1 unspecified atom stereocenters. The van der Waals surface area contributed by atoms with Gasteiger partial charge in [0.2, 0.25) is 0 Å². The van der Waals surface area contributed by atoms with Crippen molar-refractivity contribution < 1.29 is 120 Å². The Bertz CT molecular complexity index is 4210. The molecule has 8 rings (SSSR count). The molecule has 32 heteroatoms. The van der Waals surface area contributed by atoms with Crippen LogP contribution in [0.3, 0.4) is 0 Å². The topological polar surface area (TPSA) is 657 Å². The lowest BCUT2D eigenvalue weighted by molar-refractivity contribution is -0.143. The molecule has 616 valence electrons. The van der Waals surface area contributed by atoms with Crippen LogP contribution in [-0.4, -0.2) is 179 Å². The maximum absolute atomic E-state index is 10.7. The van der Waals surface area contributed by atoms with Gasteiger partial charge in [-0.3, -0.25) is 38.4 Å². The number of ether oxygens (including phenoxy) is 1. The van der Waals surface area contributed by atoms with E-state index in [1.54, 1.807) is 36.4 Å². The van der Waals surface area contributed by atoms with Gasteiger partial charge in [-0.2, -0.15) is 0 Å². The van der Waals surface area contributed by atoms with Gasteiger partial charge in [0.05, 0.1) is 7.11 Å². The third kappa shape index (κ3) is 40.4. The summed E-state index contributed by atoms with van der Waals surface area (Å²) in [7, 11) is 1.43. The summed E-state index contributed by atoms with van der Waals surface area (Å²) in [5.74, 6) is -8.53. The first-order valence-corrected chi connectivity index (χ1v) is 35.2. The van der Waals surface area contributed by atoms with Gasteiger partial charge >= 0.3 is 47.8 Å². The number of unbranched alkanes of at least 4 members (excludes halogenated alkanes) is 5. The molecule has 0 bridgehead atoms. The molecule has 0 saturated carbocycles. The minimum atomic E-state index is -1.39. The Morgan fingerprint density at radius 2 is 0.699 bits per heavy atom. The highest BCUT2D eigenvalue weighted by Gasteiger charge is 2.29. The molecule has 8 atom stereocenters. The summed E-state index contributed by atoms with van der Waals surface area (Å²) in [5, 5.41) is 135. The van der Waals surface area contributed by atoms with Crippen LogP contribution in [0.2, 0.25) is 0 Å². The fraction of sp³-hybridized carbons (Fsp3) is 0.333. The first-order chi connectivity index (χ1) is 52.8. The number of rotatable bonds is 30. The number of aliphatic carboxylic acids is 8. The number of carboxylic acids is 8. The van der Waals surface area contributed by atoms with Gasteiger partial charge in [-0.15, -0.1) is 0 Å². The van der Waals surface area contributed by atoms with E-state index in [1.807, 2.05) is 73.7 Å². The van der Waals surface area contributed by atoms with Crippen LogP contribution >= 0.6 is 0 Å². The van der Waals surface area contributed by atoms with Gasteiger partial charge in [-0.1, -0.05) is 160 Å². The zero-order valence-electron chi connectivity index (χ0n) is 63.5. The van der Waals surface area contributed by atoms with Crippen molar-refractivity contribution in [1.82, 2.24) is 0 Å². The normalized spacial score (nSPS) is 13.0. The van der Waals surface area contributed by atoms with Gasteiger partial charge in [0.15, 0.2) is 34.5 Å². The number of aryl methyl sites for hydroxylation is 1. The third-order valence-electron chi connectivity index (χ3n) is 16.4. The summed E-state index contributed by atoms with van der Waals surface area (Å²) in [6, 6.07) is 41.8. The number of carbonyl (C=O) groups is 8. The van der Waals surface area contributed by atoms with Gasteiger partial charge in [-0.05, 0) is 170 Å². The van der Waals surface area contributed by atoms with E-state index in [1.165, 1.54) is 113 Å².